The molecule has 1 aliphatic rings. The van der Waals surface area contributed by atoms with E-state index >= 15 is 0 Å². The smallest absolute Gasteiger partial charge is 0.0987 e. The van der Waals surface area contributed by atoms with Gasteiger partial charge in [0.1, 0.15) is 0 Å². The van der Waals surface area contributed by atoms with E-state index in [0.717, 1.165) is 38.0 Å². The molecule has 2 rings (SSSR count). The number of rotatable bonds is 4. The first-order valence-electron chi connectivity index (χ1n) is 6.17. The highest BCUT2D eigenvalue weighted by Crippen LogP contribution is 2.18. The van der Waals surface area contributed by atoms with Gasteiger partial charge in [0.25, 0.3) is 0 Å². The summed E-state index contributed by atoms with van der Waals surface area (Å²) in [6.07, 6.45) is 2.16. The summed E-state index contributed by atoms with van der Waals surface area (Å²) < 4.78 is 14.3. The lowest BCUT2D eigenvalue weighted by atomic mass is 9.99. The predicted molar refractivity (Wildman–Crippen MR) is 71.6 cm³/mol. The van der Waals surface area contributed by atoms with Gasteiger partial charge in [0.15, 0.2) is 0 Å². The van der Waals surface area contributed by atoms with Crippen LogP contribution in [0.4, 0.5) is 0 Å². The molecule has 0 aromatic heterocycles. The molecule has 0 amide bonds. The third-order valence-electron chi connectivity index (χ3n) is 3.33. The Labute approximate surface area is 106 Å². The Balaban J connectivity index is 1.85. The van der Waals surface area contributed by atoms with Crippen molar-refractivity contribution in [2.75, 3.05) is 19.6 Å². The van der Waals surface area contributed by atoms with E-state index in [1.165, 1.54) is 0 Å². The van der Waals surface area contributed by atoms with Gasteiger partial charge in [-0.15, -0.1) is 0 Å². The Kier molecular flexibility index (Phi) is 4.71. The first kappa shape index (κ1) is 12.7. The van der Waals surface area contributed by atoms with Crippen LogP contribution in [-0.2, 0) is 16.7 Å². The monoisotopic (exact) mass is 252 g/mol. The fourth-order valence-electron chi connectivity index (χ4n) is 2.16. The number of benzene rings is 1. The number of nitrogens with zero attached hydrogens (tertiary/aromatic N) is 1. The molecule has 1 aromatic rings. The topological polar surface area (TPSA) is 46.3 Å². The van der Waals surface area contributed by atoms with Crippen LogP contribution in [0.2, 0.25) is 0 Å². The van der Waals surface area contributed by atoms with Crippen LogP contribution in [0.5, 0.6) is 0 Å². The van der Waals surface area contributed by atoms with Gasteiger partial charge in [-0.3, -0.25) is 0 Å². The van der Waals surface area contributed by atoms with Crippen molar-refractivity contribution in [3.05, 3.63) is 35.9 Å². The zero-order chi connectivity index (χ0) is 12.1. The van der Waals surface area contributed by atoms with Crippen molar-refractivity contribution in [1.82, 2.24) is 4.31 Å². The van der Waals surface area contributed by atoms with Crippen molar-refractivity contribution >= 4 is 11.0 Å². The van der Waals surface area contributed by atoms with Crippen LogP contribution >= 0.6 is 0 Å². The molecule has 1 atom stereocenters. The molecule has 1 aromatic carbocycles. The molecule has 0 bridgehead atoms. The van der Waals surface area contributed by atoms with E-state index in [2.05, 4.69) is 4.31 Å². The highest BCUT2D eigenvalue weighted by Gasteiger charge is 2.21. The highest BCUT2D eigenvalue weighted by molar-refractivity contribution is 7.81. The van der Waals surface area contributed by atoms with E-state index in [4.69, 9.17) is 5.73 Å². The maximum absolute atomic E-state index is 12.2. The van der Waals surface area contributed by atoms with Crippen LogP contribution in [-0.4, -0.2) is 28.1 Å². The van der Waals surface area contributed by atoms with Crippen molar-refractivity contribution < 1.29 is 4.21 Å². The molecular formula is C13H20N2OS. The van der Waals surface area contributed by atoms with E-state index in [-0.39, 0.29) is 0 Å². The molecule has 2 N–H and O–H groups in total. The van der Waals surface area contributed by atoms with E-state index in [0.29, 0.717) is 11.7 Å². The summed E-state index contributed by atoms with van der Waals surface area (Å²) in [5, 5.41) is 0. The normalized spacial score (nSPS) is 20.3. The minimum absolute atomic E-state index is 0.625. The molecule has 17 heavy (non-hydrogen) atoms. The second-order valence-electron chi connectivity index (χ2n) is 4.56. The van der Waals surface area contributed by atoms with E-state index in [1.807, 2.05) is 30.3 Å². The average Bonchev–Trinajstić information content (AvgIpc) is 2.40. The average molecular weight is 252 g/mol. The summed E-state index contributed by atoms with van der Waals surface area (Å²) in [5.74, 6) is 1.26. The minimum atomic E-state index is -0.882. The lowest BCUT2D eigenvalue weighted by Crippen LogP contribution is -2.37. The van der Waals surface area contributed by atoms with Gasteiger partial charge >= 0.3 is 0 Å². The Bertz CT molecular complexity index is 361. The molecule has 1 aliphatic heterocycles. The lowest BCUT2D eigenvalue weighted by Gasteiger charge is -2.30. The Morgan fingerprint density at radius 3 is 2.47 bits per heavy atom. The first-order chi connectivity index (χ1) is 8.29. The molecule has 1 heterocycles. The number of hydrogen-bond acceptors (Lipinski definition) is 2. The van der Waals surface area contributed by atoms with Crippen LogP contribution < -0.4 is 5.73 Å². The Hall–Kier alpha value is -0.710. The second-order valence-corrected chi connectivity index (χ2v) is 6.01. The fourth-order valence-corrected chi connectivity index (χ4v) is 3.43. The number of hydrogen-bond donors (Lipinski definition) is 1. The summed E-state index contributed by atoms with van der Waals surface area (Å²) >= 11 is 0. The van der Waals surface area contributed by atoms with Gasteiger partial charge in [0.2, 0.25) is 0 Å². The molecule has 0 aliphatic carbocycles. The maximum Gasteiger partial charge on any atom is 0.0987 e. The molecule has 0 saturated carbocycles. The highest BCUT2D eigenvalue weighted by atomic mass is 32.2. The number of nitrogens with two attached hydrogens (primary N) is 1. The summed E-state index contributed by atoms with van der Waals surface area (Å²) in [6, 6.07) is 10.0. The van der Waals surface area contributed by atoms with Gasteiger partial charge < -0.3 is 5.73 Å². The molecule has 0 radical (unpaired) electrons. The number of piperidine rings is 1. The maximum atomic E-state index is 12.2. The predicted octanol–water partition coefficient (Wildman–Crippen LogP) is 1.52. The van der Waals surface area contributed by atoms with Crippen LogP contribution in [0.15, 0.2) is 30.3 Å². The zero-order valence-electron chi connectivity index (χ0n) is 10.0. The van der Waals surface area contributed by atoms with Crippen molar-refractivity contribution in [3.8, 4) is 0 Å². The Morgan fingerprint density at radius 1 is 1.24 bits per heavy atom. The standard InChI is InChI=1S/C13H20N2OS/c14-10-12-6-8-15(9-7-12)17(16)11-13-4-2-1-3-5-13/h1-5,12H,6-11,14H2. The summed E-state index contributed by atoms with van der Waals surface area (Å²) in [6.45, 7) is 2.60. The quantitative estimate of drug-likeness (QED) is 0.883. The summed E-state index contributed by atoms with van der Waals surface area (Å²) in [5.41, 5.74) is 6.80. The minimum Gasteiger partial charge on any atom is -0.330 e. The summed E-state index contributed by atoms with van der Waals surface area (Å²) in [7, 11) is -0.882. The molecule has 4 heteroatoms. The van der Waals surface area contributed by atoms with Gasteiger partial charge in [0.05, 0.1) is 16.7 Å². The van der Waals surface area contributed by atoms with E-state index < -0.39 is 11.0 Å². The summed E-state index contributed by atoms with van der Waals surface area (Å²) in [4.78, 5) is 0. The van der Waals surface area contributed by atoms with Crippen LogP contribution in [0.25, 0.3) is 0 Å². The van der Waals surface area contributed by atoms with Crippen molar-refractivity contribution in [1.29, 1.82) is 0 Å². The largest absolute Gasteiger partial charge is 0.330 e. The van der Waals surface area contributed by atoms with Crippen LogP contribution in [0.3, 0.4) is 0 Å². The van der Waals surface area contributed by atoms with Crippen molar-refractivity contribution in [2.45, 2.75) is 18.6 Å². The van der Waals surface area contributed by atoms with Gasteiger partial charge in [-0.05, 0) is 30.9 Å². The van der Waals surface area contributed by atoms with Crippen molar-refractivity contribution in [3.63, 3.8) is 0 Å². The third-order valence-corrected chi connectivity index (χ3v) is 4.85. The SMILES string of the molecule is NCC1CCN(S(=O)Cc2ccccc2)CC1. The molecule has 3 nitrogen and oxygen atoms in total. The van der Waals surface area contributed by atoms with Crippen LogP contribution in [0, 0.1) is 5.92 Å². The Morgan fingerprint density at radius 2 is 1.88 bits per heavy atom. The molecular weight excluding hydrogens is 232 g/mol. The van der Waals surface area contributed by atoms with Gasteiger partial charge in [-0.2, -0.15) is 0 Å². The fraction of sp³-hybridized carbons (Fsp3) is 0.538. The van der Waals surface area contributed by atoms with Gasteiger partial charge in [0, 0.05) is 13.1 Å². The lowest BCUT2D eigenvalue weighted by molar-refractivity contribution is 0.288. The zero-order valence-corrected chi connectivity index (χ0v) is 10.9. The second kappa shape index (κ2) is 6.28. The van der Waals surface area contributed by atoms with Crippen LogP contribution in [0.1, 0.15) is 18.4 Å². The van der Waals surface area contributed by atoms with Crippen molar-refractivity contribution in [2.24, 2.45) is 11.7 Å². The molecule has 0 spiro atoms. The molecule has 94 valence electrons. The molecule has 1 saturated heterocycles. The molecule has 1 unspecified atom stereocenters. The van der Waals surface area contributed by atoms with E-state index in [1.54, 1.807) is 0 Å². The first-order valence-corrected chi connectivity index (χ1v) is 7.44. The van der Waals surface area contributed by atoms with E-state index in [9.17, 15) is 4.21 Å². The van der Waals surface area contributed by atoms with Gasteiger partial charge in [-0.1, -0.05) is 30.3 Å². The third kappa shape index (κ3) is 3.63. The molecule has 1 fully saturated rings. The van der Waals surface area contributed by atoms with Gasteiger partial charge in [-0.25, -0.2) is 8.51 Å².